The van der Waals surface area contributed by atoms with Gasteiger partial charge < -0.3 is 5.32 Å². The van der Waals surface area contributed by atoms with Gasteiger partial charge >= 0.3 is 0 Å². The molecule has 17 heavy (non-hydrogen) atoms. The van der Waals surface area contributed by atoms with E-state index in [9.17, 15) is 0 Å². The largest absolute Gasteiger partial charge is 0.372 e. The summed E-state index contributed by atoms with van der Waals surface area (Å²) in [4.78, 5) is 0. The van der Waals surface area contributed by atoms with Crippen molar-refractivity contribution >= 4 is 5.69 Å². The van der Waals surface area contributed by atoms with Gasteiger partial charge in [-0.25, -0.2) is 0 Å². The Morgan fingerprint density at radius 1 is 0.941 bits per heavy atom. The van der Waals surface area contributed by atoms with E-state index in [-0.39, 0.29) is 6.04 Å². The topological polar surface area (TPSA) is 12.0 Å². The van der Waals surface area contributed by atoms with Crippen LogP contribution in [-0.2, 0) is 0 Å². The molecule has 1 heteroatoms. The highest BCUT2D eigenvalue weighted by Gasteiger charge is 1.99. The summed E-state index contributed by atoms with van der Waals surface area (Å²) in [5.41, 5.74) is 3.49. The van der Waals surface area contributed by atoms with E-state index in [1.54, 1.807) is 0 Å². The molecular weight excluding hydrogens is 206 g/mol. The lowest BCUT2D eigenvalue weighted by Gasteiger charge is -2.09. The zero-order valence-electron chi connectivity index (χ0n) is 9.85. The minimum absolute atomic E-state index is 0.0533. The van der Waals surface area contributed by atoms with E-state index in [0.29, 0.717) is 0 Å². The van der Waals surface area contributed by atoms with Crippen LogP contribution < -0.4 is 5.32 Å². The maximum Gasteiger partial charge on any atom is 0.0845 e. The smallest absolute Gasteiger partial charge is 0.0845 e. The first-order chi connectivity index (χ1) is 8.29. The molecule has 0 heterocycles. The van der Waals surface area contributed by atoms with Crippen molar-refractivity contribution in [1.29, 1.82) is 0 Å². The molecule has 0 saturated carbocycles. The number of nitrogens with one attached hydrogen (secondary N) is 1. The van der Waals surface area contributed by atoms with Gasteiger partial charge in [0, 0.05) is 5.69 Å². The van der Waals surface area contributed by atoms with Crippen LogP contribution in [0.5, 0.6) is 0 Å². The Hall–Kier alpha value is -2.20. The molecular formula is C16H15N. The summed E-state index contributed by atoms with van der Waals surface area (Å²) in [5.74, 6) is 2.65. The lowest BCUT2D eigenvalue weighted by atomic mass is 10.1. The van der Waals surface area contributed by atoms with Gasteiger partial charge in [0.25, 0.3) is 0 Å². The molecule has 1 atom stereocenters. The van der Waals surface area contributed by atoms with Gasteiger partial charge in [0.2, 0.25) is 0 Å². The number of benzene rings is 2. The van der Waals surface area contributed by atoms with Crippen LogP contribution in [0.15, 0.2) is 54.6 Å². The monoisotopic (exact) mass is 221 g/mol. The van der Waals surface area contributed by atoms with E-state index < -0.39 is 0 Å². The van der Waals surface area contributed by atoms with Gasteiger partial charge in [-0.05, 0) is 30.2 Å². The van der Waals surface area contributed by atoms with Crippen LogP contribution in [0, 0.1) is 12.3 Å². The SMILES string of the molecule is C#CC(C)Nc1ccc(-c2ccccc2)cc1. The minimum Gasteiger partial charge on any atom is -0.372 e. The van der Waals surface area contributed by atoms with Crippen LogP contribution >= 0.6 is 0 Å². The molecule has 0 aromatic heterocycles. The Bertz CT molecular complexity index is 505. The fraction of sp³-hybridized carbons (Fsp3) is 0.125. The number of hydrogen-bond acceptors (Lipinski definition) is 1. The fourth-order valence-corrected chi connectivity index (χ4v) is 1.68. The third-order valence-electron chi connectivity index (χ3n) is 2.63. The van der Waals surface area contributed by atoms with Gasteiger partial charge in [0.15, 0.2) is 0 Å². The van der Waals surface area contributed by atoms with Crippen molar-refractivity contribution in [1.82, 2.24) is 0 Å². The van der Waals surface area contributed by atoms with E-state index in [4.69, 9.17) is 6.42 Å². The molecule has 2 rings (SSSR count). The molecule has 2 aromatic rings. The predicted molar refractivity (Wildman–Crippen MR) is 73.8 cm³/mol. The summed E-state index contributed by atoms with van der Waals surface area (Å²) in [7, 11) is 0. The van der Waals surface area contributed by atoms with Crippen molar-refractivity contribution in [3.63, 3.8) is 0 Å². The number of terminal acetylenes is 1. The maximum atomic E-state index is 5.33. The molecule has 0 spiro atoms. The van der Waals surface area contributed by atoms with Crippen LogP contribution in [0.2, 0.25) is 0 Å². The second-order valence-electron chi connectivity index (χ2n) is 3.98. The lowest BCUT2D eigenvalue weighted by Crippen LogP contribution is -2.11. The molecule has 1 unspecified atom stereocenters. The van der Waals surface area contributed by atoms with Gasteiger partial charge in [0.1, 0.15) is 0 Å². The highest BCUT2D eigenvalue weighted by Crippen LogP contribution is 2.21. The third-order valence-corrected chi connectivity index (χ3v) is 2.63. The van der Waals surface area contributed by atoms with Gasteiger partial charge in [-0.2, -0.15) is 0 Å². The molecule has 0 aliphatic rings. The summed E-state index contributed by atoms with van der Waals surface area (Å²) in [5, 5.41) is 3.23. The molecule has 0 radical (unpaired) electrons. The molecule has 84 valence electrons. The predicted octanol–water partition coefficient (Wildman–Crippen LogP) is 3.79. The second kappa shape index (κ2) is 5.23. The van der Waals surface area contributed by atoms with E-state index in [0.717, 1.165) is 5.69 Å². The summed E-state index contributed by atoms with van der Waals surface area (Å²) in [6.07, 6.45) is 5.33. The molecule has 0 amide bonds. The fourth-order valence-electron chi connectivity index (χ4n) is 1.68. The first-order valence-electron chi connectivity index (χ1n) is 5.68. The minimum atomic E-state index is 0.0533. The average Bonchev–Trinajstić information content (AvgIpc) is 2.40. The second-order valence-corrected chi connectivity index (χ2v) is 3.98. The van der Waals surface area contributed by atoms with Gasteiger partial charge in [0.05, 0.1) is 6.04 Å². The quantitative estimate of drug-likeness (QED) is 0.778. The Morgan fingerprint density at radius 2 is 1.53 bits per heavy atom. The van der Waals surface area contributed by atoms with Crippen molar-refractivity contribution < 1.29 is 0 Å². The molecule has 2 aromatic carbocycles. The Kier molecular flexibility index (Phi) is 3.47. The summed E-state index contributed by atoms with van der Waals surface area (Å²) in [6.45, 7) is 1.96. The van der Waals surface area contributed by atoms with E-state index >= 15 is 0 Å². The van der Waals surface area contributed by atoms with E-state index in [1.165, 1.54) is 11.1 Å². The van der Waals surface area contributed by atoms with Gasteiger partial charge in [-0.15, -0.1) is 6.42 Å². The number of rotatable bonds is 3. The normalized spacial score (nSPS) is 11.5. The van der Waals surface area contributed by atoms with Crippen LogP contribution in [0.25, 0.3) is 11.1 Å². The molecule has 0 aliphatic heterocycles. The summed E-state index contributed by atoms with van der Waals surface area (Å²) >= 11 is 0. The van der Waals surface area contributed by atoms with Gasteiger partial charge in [-0.1, -0.05) is 48.4 Å². The number of hydrogen-bond donors (Lipinski definition) is 1. The van der Waals surface area contributed by atoms with Crippen molar-refractivity contribution in [3.05, 3.63) is 54.6 Å². The van der Waals surface area contributed by atoms with Crippen molar-refractivity contribution in [2.24, 2.45) is 0 Å². The molecule has 0 saturated heterocycles. The first-order valence-corrected chi connectivity index (χ1v) is 5.68. The highest BCUT2D eigenvalue weighted by atomic mass is 14.9. The average molecular weight is 221 g/mol. The van der Waals surface area contributed by atoms with Crippen molar-refractivity contribution in [3.8, 4) is 23.5 Å². The van der Waals surface area contributed by atoms with Crippen LogP contribution in [0.4, 0.5) is 5.69 Å². The van der Waals surface area contributed by atoms with Crippen LogP contribution in [-0.4, -0.2) is 6.04 Å². The molecule has 0 bridgehead atoms. The first kappa shape index (κ1) is 11.3. The Labute approximate surface area is 102 Å². The summed E-state index contributed by atoms with van der Waals surface area (Å²) < 4.78 is 0. The molecule has 0 fully saturated rings. The standard InChI is InChI=1S/C16H15N/c1-3-13(2)17-16-11-9-15(10-12-16)14-7-5-4-6-8-14/h1,4-13,17H,2H3. The molecule has 0 aliphatic carbocycles. The van der Waals surface area contributed by atoms with E-state index in [1.807, 2.05) is 25.1 Å². The molecule has 1 nitrogen and oxygen atoms in total. The van der Waals surface area contributed by atoms with Crippen LogP contribution in [0.3, 0.4) is 0 Å². The highest BCUT2D eigenvalue weighted by molar-refractivity contribution is 5.66. The molecule has 1 N–H and O–H groups in total. The van der Waals surface area contributed by atoms with Gasteiger partial charge in [-0.3, -0.25) is 0 Å². The zero-order valence-corrected chi connectivity index (χ0v) is 9.85. The Balaban J connectivity index is 2.17. The van der Waals surface area contributed by atoms with Crippen molar-refractivity contribution in [2.45, 2.75) is 13.0 Å². The Morgan fingerprint density at radius 3 is 2.12 bits per heavy atom. The number of anilines is 1. The maximum absolute atomic E-state index is 5.33. The third kappa shape index (κ3) is 2.89. The van der Waals surface area contributed by atoms with E-state index in [2.05, 4.69) is 47.6 Å². The summed E-state index contributed by atoms with van der Waals surface area (Å²) in [6, 6.07) is 18.7. The lowest BCUT2D eigenvalue weighted by molar-refractivity contribution is 1.04. The van der Waals surface area contributed by atoms with Crippen LogP contribution in [0.1, 0.15) is 6.92 Å². The van der Waals surface area contributed by atoms with Crippen molar-refractivity contribution in [2.75, 3.05) is 5.32 Å². The zero-order chi connectivity index (χ0) is 12.1.